The molecule has 0 bridgehead atoms. The van der Waals surface area contributed by atoms with E-state index in [9.17, 15) is 19.2 Å². The second-order valence-electron chi connectivity index (χ2n) is 7.81. The Morgan fingerprint density at radius 2 is 1.85 bits per heavy atom. The number of hydrogen-bond donors (Lipinski definition) is 2. The Labute approximate surface area is 208 Å². The number of carbonyl (C=O) groups is 4. The zero-order valence-corrected chi connectivity index (χ0v) is 21.6. The maximum atomic E-state index is 13.2. The van der Waals surface area contributed by atoms with E-state index in [4.69, 9.17) is 9.84 Å². The lowest BCUT2D eigenvalue weighted by molar-refractivity contribution is -0.156. The molecule has 0 aromatic heterocycles. The molecule has 11 heteroatoms. The second kappa shape index (κ2) is 12.2. The van der Waals surface area contributed by atoms with Crippen molar-refractivity contribution in [3.05, 3.63) is 41.5 Å². The number of carboxylic acid groups (broad SMARTS) is 1. The van der Waals surface area contributed by atoms with Gasteiger partial charge in [0, 0.05) is 32.6 Å². The molecule has 1 aromatic carbocycles. The van der Waals surface area contributed by atoms with E-state index in [1.807, 2.05) is 24.6 Å². The molecule has 34 heavy (non-hydrogen) atoms. The normalized spacial score (nSPS) is 21.0. The standard InChI is InChI=1S/C23H31N3O6S2/c1-15(19(29)24-12-10-18(27)28)11-13-32-17-8-6-16(7-9-17)14-23(34-5)22(31)25(2)21(33-4)20(30)26(23)3/h6-9,11,21H,10,12-14H2,1-5H3,(H,24,29)(H,27,28)/t21-,23-/m1/s1. The summed E-state index contributed by atoms with van der Waals surface area (Å²) >= 11 is 2.69. The molecule has 2 N–H and O–H groups in total. The number of rotatable bonds is 11. The van der Waals surface area contributed by atoms with Gasteiger partial charge in [0.05, 0.1) is 6.42 Å². The van der Waals surface area contributed by atoms with Gasteiger partial charge in [-0.25, -0.2) is 0 Å². The average Bonchev–Trinajstić information content (AvgIpc) is 2.81. The minimum Gasteiger partial charge on any atom is -0.490 e. The summed E-state index contributed by atoms with van der Waals surface area (Å²) in [5.41, 5.74) is 1.32. The molecular formula is C23H31N3O6S2. The van der Waals surface area contributed by atoms with Crippen molar-refractivity contribution >= 4 is 47.2 Å². The number of thioether (sulfide) groups is 2. The average molecular weight is 510 g/mol. The number of hydrogen-bond acceptors (Lipinski definition) is 7. The van der Waals surface area contributed by atoms with Gasteiger partial charge in [-0.05, 0) is 43.2 Å². The van der Waals surface area contributed by atoms with Gasteiger partial charge in [0.1, 0.15) is 12.4 Å². The van der Waals surface area contributed by atoms with Crippen molar-refractivity contribution in [2.24, 2.45) is 0 Å². The molecule has 1 fully saturated rings. The minimum absolute atomic E-state index is 0.0657. The summed E-state index contributed by atoms with van der Waals surface area (Å²) in [4.78, 5) is 50.6. The number of carboxylic acids is 1. The first-order valence-electron chi connectivity index (χ1n) is 10.6. The van der Waals surface area contributed by atoms with Crippen LogP contribution >= 0.6 is 23.5 Å². The lowest BCUT2D eigenvalue weighted by Crippen LogP contribution is -2.68. The summed E-state index contributed by atoms with van der Waals surface area (Å²) in [6, 6.07) is 7.27. The van der Waals surface area contributed by atoms with Gasteiger partial charge in [-0.1, -0.05) is 12.1 Å². The van der Waals surface area contributed by atoms with Crippen LogP contribution in [0.25, 0.3) is 0 Å². The van der Waals surface area contributed by atoms with Crippen LogP contribution < -0.4 is 10.1 Å². The largest absolute Gasteiger partial charge is 0.490 e. The summed E-state index contributed by atoms with van der Waals surface area (Å²) < 4.78 is 5.67. The van der Waals surface area contributed by atoms with Crippen molar-refractivity contribution in [3.8, 4) is 5.75 Å². The van der Waals surface area contributed by atoms with E-state index in [0.29, 0.717) is 17.7 Å². The Hall–Kier alpha value is -2.66. The third-order valence-corrected chi connectivity index (χ3v) is 7.87. The number of carbonyl (C=O) groups excluding carboxylic acids is 3. The van der Waals surface area contributed by atoms with E-state index in [2.05, 4.69) is 5.32 Å². The SMILES string of the molecule is CS[C@@H]1C(=O)N(C)[C@](Cc2ccc(OCC=C(C)C(=O)NCCC(=O)O)cc2)(SC)C(=O)N1C. The summed E-state index contributed by atoms with van der Waals surface area (Å²) in [6.07, 6.45) is 5.48. The number of amides is 3. The van der Waals surface area contributed by atoms with Gasteiger partial charge < -0.3 is 25.0 Å². The molecule has 186 valence electrons. The van der Waals surface area contributed by atoms with Gasteiger partial charge in [-0.2, -0.15) is 0 Å². The number of nitrogens with zero attached hydrogens (tertiary/aromatic N) is 2. The van der Waals surface area contributed by atoms with Gasteiger partial charge in [-0.3, -0.25) is 19.2 Å². The Morgan fingerprint density at radius 3 is 2.41 bits per heavy atom. The molecular weight excluding hydrogens is 478 g/mol. The van der Waals surface area contributed by atoms with Crippen molar-refractivity contribution in [2.45, 2.75) is 30.0 Å². The molecule has 2 rings (SSSR count). The smallest absolute Gasteiger partial charge is 0.305 e. The van der Waals surface area contributed by atoms with E-state index >= 15 is 0 Å². The monoisotopic (exact) mass is 509 g/mol. The maximum absolute atomic E-state index is 13.2. The molecule has 1 aliphatic rings. The number of aliphatic carboxylic acids is 1. The van der Waals surface area contributed by atoms with E-state index < -0.39 is 16.2 Å². The molecule has 0 aliphatic carbocycles. The third-order valence-electron chi connectivity index (χ3n) is 5.64. The highest BCUT2D eigenvalue weighted by Crippen LogP contribution is 2.39. The first kappa shape index (κ1) is 27.6. The van der Waals surface area contributed by atoms with Crippen molar-refractivity contribution in [3.63, 3.8) is 0 Å². The fraction of sp³-hybridized carbons (Fsp3) is 0.478. The van der Waals surface area contributed by atoms with Crippen LogP contribution in [-0.4, -0.2) is 88.6 Å². The van der Waals surface area contributed by atoms with E-state index in [1.54, 1.807) is 44.1 Å². The van der Waals surface area contributed by atoms with Crippen LogP contribution in [0.15, 0.2) is 35.9 Å². The third kappa shape index (κ3) is 6.26. The van der Waals surface area contributed by atoms with Crippen LogP contribution in [0.5, 0.6) is 5.75 Å². The zero-order chi connectivity index (χ0) is 25.5. The Balaban J connectivity index is 2.01. The van der Waals surface area contributed by atoms with Crippen molar-refractivity contribution in [1.82, 2.24) is 15.1 Å². The predicted molar refractivity (Wildman–Crippen MR) is 134 cm³/mol. The minimum atomic E-state index is -1.02. The highest BCUT2D eigenvalue weighted by Gasteiger charge is 2.53. The van der Waals surface area contributed by atoms with Crippen LogP contribution in [0.2, 0.25) is 0 Å². The molecule has 1 heterocycles. The number of ether oxygens (including phenoxy) is 1. The lowest BCUT2D eigenvalue weighted by atomic mass is 10.0. The van der Waals surface area contributed by atoms with Gasteiger partial charge >= 0.3 is 5.97 Å². The van der Waals surface area contributed by atoms with Gasteiger partial charge in [0.15, 0.2) is 10.2 Å². The molecule has 0 spiro atoms. The molecule has 1 saturated heterocycles. The Kier molecular flexibility index (Phi) is 9.87. The van der Waals surface area contributed by atoms with Gasteiger partial charge in [0.25, 0.3) is 11.8 Å². The molecule has 0 saturated carbocycles. The molecule has 0 radical (unpaired) electrons. The fourth-order valence-corrected chi connectivity index (χ4v) is 5.31. The maximum Gasteiger partial charge on any atom is 0.305 e. The van der Waals surface area contributed by atoms with Crippen LogP contribution in [0.1, 0.15) is 18.9 Å². The highest BCUT2D eigenvalue weighted by atomic mass is 32.2. The molecule has 1 aliphatic heterocycles. The number of benzene rings is 1. The summed E-state index contributed by atoms with van der Waals surface area (Å²) in [6.45, 7) is 1.86. The topological polar surface area (TPSA) is 116 Å². The number of likely N-dealkylation sites (N-methyl/N-ethyl adjacent to an activating group) is 2. The first-order chi connectivity index (χ1) is 16.1. The predicted octanol–water partition coefficient (Wildman–Crippen LogP) is 1.82. The second-order valence-corrected chi connectivity index (χ2v) is 9.81. The zero-order valence-electron chi connectivity index (χ0n) is 20.0. The molecule has 0 unspecified atom stereocenters. The van der Waals surface area contributed by atoms with Crippen molar-refractivity contribution < 1.29 is 29.0 Å². The first-order valence-corrected chi connectivity index (χ1v) is 13.1. The van der Waals surface area contributed by atoms with Crippen LogP contribution in [0.4, 0.5) is 0 Å². The van der Waals surface area contributed by atoms with E-state index in [-0.39, 0.29) is 37.3 Å². The molecule has 9 nitrogen and oxygen atoms in total. The fourth-order valence-electron chi connectivity index (χ4n) is 3.54. The van der Waals surface area contributed by atoms with Crippen LogP contribution in [0.3, 0.4) is 0 Å². The molecule has 2 atom stereocenters. The van der Waals surface area contributed by atoms with Crippen molar-refractivity contribution in [2.75, 3.05) is 39.8 Å². The van der Waals surface area contributed by atoms with E-state index in [1.165, 1.54) is 28.4 Å². The number of piperazine rings is 1. The quantitative estimate of drug-likeness (QED) is 0.434. The molecule has 3 amide bonds. The number of nitrogens with one attached hydrogen (secondary N) is 1. The highest BCUT2D eigenvalue weighted by molar-refractivity contribution is 8.01. The Morgan fingerprint density at radius 1 is 1.21 bits per heavy atom. The van der Waals surface area contributed by atoms with Gasteiger partial charge in [0.2, 0.25) is 5.91 Å². The summed E-state index contributed by atoms with van der Waals surface area (Å²) in [5.74, 6) is -0.926. The summed E-state index contributed by atoms with van der Waals surface area (Å²) in [5, 5.41) is 10.6. The van der Waals surface area contributed by atoms with Crippen LogP contribution in [0, 0.1) is 0 Å². The lowest BCUT2D eigenvalue weighted by Gasteiger charge is -2.48. The van der Waals surface area contributed by atoms with Crippen molar-refractivity contribution in [1.29, 1.82) is 0 Å². The molecule has 1 aromatic rings. The Bertz CT molecular complexity index is 953. The van der Waals surface area contributed by atoms with E-state index in [0.717, 1.165) is 5.56 Å². The van der Waals surface area contributed by atoms with Gasteiger partial charge in [-0.15, -0.1) is 23.5 Å². The summed E-state index contributed by atoms with van der Waals surface area (Å²) in [7, 11) is 3.34. The van der Waals surface area contributed by atoms with Crippen LogP contribution in [-0.2, 0) is 25.6 Å².